The number of nitrogens with one attached hydrogen (secondary N) is 1. The Labute approximate surface area is 113 Å². The summed E-state index contributed by atoms with van der Waals surface area (Å²) in [4.78, 5) is 0. The third kappa shape index (κ3) is 3.64. The molecular formula is C15H20FN3. The number of aromatic nitrogens is 2. The molecule has 1 heterocycles. The fourth-order valence-electron chi connectivity index (χ4n) is 1.95. The van der Waals surface area contributed by atoms with Crippen molar-refractivity contribution in [1.82, 2.24) is 15.1 Å². The highest BCUT2D eigenvalue weighted by atomic mass is 19.1. The maximum absolute atomic E-state index is 13.1. The summed E-state index contributed by atoms with van der Waals surface area (Å²) in [7, 11) is 0. The van der Waals surface area contributed by atoms with Crippen LogP contribution in [0, 0.1) is 18.7 Å². The lowest BCUT2D eigenvalue weighted by molar-refractivity contribution is 0.546. The minimum atomic E-state index is -0.216. The molecule has 2 rings (SSSR count). The number of rotatable bonds is 5. The van der Waals surface area contributed by atoms with Crippen molar-refractivity contribution >= 4 is 0 Å². The molecule has 1 N–H and O–H groups in total. The largest absolute Gasteiger partial charge is 0.311 e. The molecule has 0 aliphatic rings. The van der Waals surface area contributed by atoms with Crippen LogP contribution >= 0.6 is 0 Å². The first-order chi connectivity index (χ1) is 9.06. The van der Waals surface area contributed by atoms with Gasteiger partial charge in [0.15, 0.2) is 0 Å². The van der Waals surface area contributed by atoms with Gasteiger partial charge in [0, 0.05) is 12.7 Å². The first-order valence-electron chi connectivity index (χ1n) is 6.58. The van der Waals surface area contributed by atoms with E-state index in [9.17, 15) is 4.39 Å². The van der Waals surface area contributed by atoms with E-state index in [2.05, 4.69) is 24.3 Å². The SMILES string of the molecule is Cc1cc(F)ccc1-n1ccc(CNCC(C)C)n1. The van der Waals surface area contributed by atoms with Crippen molar-refractivity contribution in [2.24, 2.45) is 5.92 Å². The van der Waals surface area contributed by atoms with E-state index in [-0.39, 0.29) is 5.82 Å². The Kier molecular flexibility index (Phi) is 4.32. The summed E-state index contributed by atoms with van der Waals surface area (Å²) in [5.41, 5.74) is 2.78. The summed E-state index contributed by atoms with van der Waals surface area (Å²) in [6.45, 7) is 7.96. The molecule has 0 amide bonds. The second-order valence-corrected chi connectivity index (χ2v) is 5.21. The van der Waals surface area contributed by atoms with E-state index in [4.69, 9.17) is 0 Å². The van der Waals surface area contributed by atoms with Gasteiger partial charge in [-0.25, -0.2) is 9.07 Å². The van der Waals surface area contributed by atoms with Crippen LogP contribution in [0.25, 0.3) is 5.69 Å². The van der Waals surface area contributed by atoms with Gasteiger partial charge in [0.25, 0.3) is 0 Å². The Bertz CT molecular complexity index is 546. The summed E-state index contributed by atoms with van der Waals surface area (Å²) >= 11 is 0. The Morgan fingerprint density at radius 1 is 1.32 bits per heavy atom. The molecule has 1 aromatic heterocycles. The van der Waals surface area contributed by atoms with Crippen molar-refractivity contribution in [3.05, 3.63) is 47.5 Å². The molecule has 4 heteroatoms. The van der Waals surface area contributed by atoms with Gasteiger partial charge in [-0.2, -0.15) is 5.10 Å². The van der Waals surface area contributed by atoms with E-state index in [0.29, 0.717) is 5.92 Å². The van der Waals surface area contributed by atoms with Gasteiger partial charge in [-0.1, -0.05) is 13.8 Å². The van der Waals surface area contributed by atoms with Crippen molar-refractivity contribution in [3.63, 3.8) is 0 Å². The predicted octanol–water partition coefficient (Wildman–Crippen LogP) is 3.07. The first-order valence-corrected chi connectivity index (χ1v) is 6.58. The zero-order chi connectivity index (χ0) is 13.8. The number of hydrogen-bond donors (Lipinski definition) is 1. The molecule has 0 saturated heterocycles. The summed E-state index contributed by atoms with van der Waals surface area (Å²) in [5, 5.41) is 7.85. The Morgan fingerprint density at radius 3 is 2.79 bits per heavy atom. The number of nitrogens with zero attached hydrogens (tertiary/aromatic N) is 2. The van der Waals surface area contributed by atoms with Crippen molar-refractivity contribution < 1.29 is 4.39 Å². The molecule has 2 aromatic rings. The van der Waals surface area contributed by atoms with Crippen LogP contribution in [0.4, 0.5) is 4.39 Å². The highest BCUT2D eigenvalue weighted by molar-refractivity contribution is 5.39. The monoisotopic (exact) mass is 261 g/mol. The second-order valence-electron chi connectivity index (χ2n) is 5.21. The molecule has 3 nitrogen and oxygen atoms in total. The van der Waals surface area contributed by atoms with Crippen molar-refractivity contribution in [3.8, 4) is 5.69 Å². The van der Waals surface area contributed by atoms with Crippen LogP contribution in [-0.4, -0.2) is 16.3 Å². The summed E-state index contributed by atoms with van der Waals surface area (Å²) in [5.74, 6) is 0.411. The van der Waals surface area contributed by atoms with E-state index in [1.165, 1.54) is 12.1 Å². The average Bonchev–Trinajstić information content (AvgIpc) is 2.77. The molecule has 0 saturated carbocycles. The van der Waals surface area contributed by atoms with Crippen LogP contribution in [0.2, 0.25) is 0 Å². The lowest BCUT2D eigenvalue weighted by atomic mass is 10.2. The molecule has 0 unspecified atom stereocenters. The zero-order valence-electron chi connectivity index (χ0n) is 11.7. The highest BCUT2D eigenvalue weighted by Crippen LogP contribution is 2.14. The predicted molar refractivity (Wildman–Crippen MR) is 74.8 cm³/mol. The fraction of sp³-hybridized carbons (Fsp3) is 0.400. The molecule has 102 valence electrons. The molecule has 0 aliphatic heterocycles. The quantitative estimate of drug-likeness (QED) is 0.896. The van der Waals surface area contributed by atoms with Gasteiger partial charge in [-0.3, -0.25) is 0 Å². The van der Waals surface area contributed by atoms with Gasteiger partial charge in [0.1, 0.15) is 5.82 Å². The Morgan fingerprint density at radius 2 is 2.11 bits per heavy atom. The van der Waals surface area contributed by atoms with E-state index >= 15 is 0 Å². The molecule has 0 spiro atoms. The lowest BCUT2D eigenvalue weighted by Crippen LogP contribution is -2.19. The standard InChI is InChI=1S/C15H20FN3/c1-11(2)9-17-10-14-6-7-19(18-14)15-5-4-13(16)8-12(15)3/h4-8,11,17H,9-10H2,1-3H3. The smallest absolute Gasteiger partial charge is 0.123 e. The molecule has 0 bridgehead atoms. The van der Waals surface area contributed by atoms with Crippen LogP contribution in [0.5, 0.6) is 0 Å². The van der Waals surface area contributed by atoms with Crippen molar-refractivity contribution in [2.75, 3.05) is 6.54 Å². The van der Waals surface area contributed by atoms with Gasteiger partial charge < -0.3 is 5.32 Å². The second kappa shape index (κ2) is 5.97. The summed E-state index contributed by atoms with van der Waals surface area (Å²) in [6.07, 6.45) is 1.91. The molecule has 1 aromatic carbocycles. The Hall–Kier alpha value is -1.68. The van der Waals surface area contributed by atoms with Crippen LogP contribution in [0.1, 0.15) is 25.1 Å². The molecule has 0 atom stereocenters. The summed E-state index contributed by atoms with van der Waals surface area (Å²) in [6, 6.07) is 6.72. The topological polar surface area (TPSA) is 29.9 Å². The minimum Gasteiger partial charge on any atom is -0.311 e. The third-order valence-corrected chi connectivity index (χ3v) is 2.91. The van der Waals surface area contributed by atoms with Gasteiger partial charge in [-0.05, 0) is 49.2 Å². The minimum absolute atomic E-state index is 0.216. The van der Waals surface area contributed by atoms with Crippen LogP contribution in [0.15, 0.2) is 30.5 Å². The van der Waals surface area contributed by atoms with E-state index < -0.39 is 0 Å². The maximum atomic E-state index is 13.1. The van der Waals surface area contributed by atoms with Gasteiger partial charge in [0.05, 0.1) is 11.4 Å². The van der Waals surface area contributed by atoms with Gasteiger partial charge in [-0.15, -0.1) is 0 Å². The van der Waals surface area contributed by atoms with Crippen LogP contribution in [-0.2, 0) is 6.54 Å². The normalized spacial score (nSPS) is 11.2. The highest BCUT2D eigenvalue weighted by Gasteiger charge is 2.05. The molecular weight excluding hydrogens is 241 g/mol. The first kappa shape index (κ1) is 13.7. The van der Waals surface area contributed by atoms with Gasteiger partial charge >= 0.3 is 0 Å². The van der Waals surface area contributed by atoms with E-state index in [1.54, 1.807) is 10.7 Å². The number of halogens is 1. The van der Waals surface area contributed by atoms with Crippen molar-refractivity contribution in [1.29, 1.82) is 0 Å². The van der Waals surface area contributed by atoms with E-state index in [1.807, 2.05) is 19.2 Å². The lowest BCUT2D eigenvalue weighted by Gasteiger charge is -2.06. The zero-order valence-corrected chi connectivity index (χ0v) is 11.7. The Balaban J connectivity index is 2.08. The maximum Gasteiger partial charge on any atom is 0.123 e. The van der Waals surface area contributed by atoms with Crippen LogP contribution in [0.3, 0.4) is 0 Å². The number of hydrogen-bond acceptors (Lipinski definition) is 2. The van der Waals surface area contributed by atoms with Crippen LogP contribution < -0.4 is 5.32 Å². The molecule has 0 fully saturated rings. The third-order valence-electron chi connectivity index (χ3n) is 2.91. The summed E-state index contributed by atoms with van der Waals surface area (Å²) < 4.78 is 14.9. The molecule has 0 radical (unpaired) electrons. The average molecular weight is 261 g/mol. The van der Waals surface area contributed by atoms with Gasteiger partial charge in [0.2, 0.25) is 0 Å². The number of aryl methyl sites for hydroxylation is 1. The molecule has 19 heavy (non-hydrogen) atoms. The number of benzene rings is 1. The molecule has 0 aliphatic carbocycles. The fourth-order valence-corrected chi connectivity index (χ4v) is 1.95. The van der Waals surface area contributed by atoms with Crippen molar-refractivity contribution in [2.45, 2.75) is 27.3 Å². The van der Waals surface area contributed by atoms with E-state index in [0.717, 1.165) is 30.0 Å².